The van der Waals surface area contributed by atoms with Crippen LogP contribution < -0.4 is 11.0 Å². The average Bonchev–Trinajstić information content (AvgIpc) is 2.70. The molecule has 1 heterocycles. The van der Waals surface area contributed by atoms with Gasteiger partial charge in [0.05, 0.1) is 17.3 Å². The number of aryl methyl sites for hydroxylation is 1. The van der Waals surface area contributed by atoms with E-state index in [1.54, 1.807) is 24.3 Å². The van der Waals surface area contributed by atoms with Gasteiger partial charge in [-0.15, -0.1) is 0 Å². The second kappa shape index (κ2) is 7.67. The number of benzene rings is 2. The Morgan fingerprint density at radius 3 is 2.37 bits per heavy atom. The number of carbonyl (C=O) groups is 1. The van der Waals surface area contributed by atoms with Gasteiger partial charge in [0.2, 0.25) is 0 Å². The van der Waals surface area contributed by atoms with Crippen molar-refractivity contribution >= 4 is 11.5 Å². The molecule has 0 atom stereocenters. The lowest BCUT2D eigenvalue weighted by atomic mass is 10.1. The van der Waals surface area contributed by atoms with Crippen LogP contribution in [0, 0.1) is 11.3 Å². The van der Waals surface area contributed by atoms with Crippen LogP contribution >= 0.6 is 0 Å². The first-order chi connectivity index (χ1) is 13.0. The zero-order chi connectivity index (χ0) is 19.4. The largest absolute Gasteiger partial charge is 0.293 e. The summed E-state index contributed by atoms with van der Waals surface area (Å²) in [5.41, 5.74) is 5.49. The maximum atomic E-state index is 12.9. The molecule has 27 heavy (non-hydrogen) atoms. The van der Waals surface area contributed by atoms with Gasteiger partial charge in [0.25, 0.3) is 5.56 Å². The molecule has 0 saturated carbocycles. The summed E-state index contributed by atoms with van der Waals surface area (Å²) < 4.78 is 1.25. The van der Waals surface area contributed by atoms with Crippen molar-refractivity contribution in [3.05, 3.63) is 81.9 Å². The Kier molecular flexibility index (Phi) is 5.13. The smallest absolute Gasteiger partial charge is 0.291 e. The van der Waals surface area contributed by atoms with Crippen LogP contribution in [0.1, 0.15) is 35.6 Å². The third-order valence-electron chi connectivity index (χ3n) is 4.12. The molecule has 0 aliphatic heterocycles. The van der Waals surface area contributed by atoms with E-state index in [0.717, 1.165) is 5.56 Å². The van der Waals surface area contributed by atoms with E-state index in [1.165, 1.54) is 11.6 Å². The van der Waals surface area contributed by atoms with Crippen molar-refractivity contribution in [1.82, 2.24) is 9.66 Å². The third kappa shape index (κ3) is 3.62. The van der Waals surface area contributed by atoms with E-state index >= 15 is 0 Å². The van der Waals surface area contributed by atoms with Crippen molar-refractivity contribution in [2.75, 3.05) is 5.43 Å². The van der Waals surface area contributed by atoms with E-state index in [-0.39, 0.29) is 17.0 Å². The van der Waals surface area contributed by atoms with Crippen molar-refractivity contribution in [3.63, 3.8) is 0 Å². The summed E-state index contributed by atoms with van der Waals surface area (Å²) in [7, 11) is 0. The van der Waals surface area contributed by atoms with Crippen molar-refractivity contribution in [2.24, 2.45) is 0 Å². The van der Waals surface area contributed by atoms with Gasteiger partial charge in [-0.05, 0) is 30.7 Å². The third-order valence-corrected chi connectivity index (χ3v) is 4.12. The quantitative estimate of drug-likeness (QED) is 0.706. The number of nitriles is 1. The predicted molar refractivity (Wildman–Crippen MR) is 103 cm³/mol. The molecule has 3 aromatic rings. The summed E-state index contributed by atoms with van der Waals surface area (Å²) >= 11 is 0. The first-order valence-corrected chi connectivity index (χ1v) is 8.54. The number of ketones is 1. The number of nitrogens with zero attached hydrogens (tertiary/aromatic N) is 3. The van der Waals surface area contributed by atoms with E-state index in [4.69, 9.17) is 5.26 Å². The Labute approximate surface area is 156 Å². The highest BCUT2D eigenvalue weighted by Gasteiger charge is 2.20. The Morgan fingerprint density at radius 2 is 1.81 bits per heavy atom. The Bertz CT molecular complexity index is 1080. The normalized spacial score (nSPS) is 10.3. The number of nitrogens with one attached hydrogen (secondary N) is 1. The van der Waals surface area contributed by atoms with E-state index in [0.29, 0.717) is 29.1 Å². The minimum absolute atomic E-state index is 0.188. The summed E-state index contributed by atoms with van der Waals surface area (Å²) in [6.45, 7) is 3.25. The lowest BCUT2D eigenvalue weighted by Crippen LogP contribution is -2.35. The maximum absolute atomic E-state index is 12.9. The second-order valence-corrected chi connectivity index (χ2v) is 5.97. The number of hydrogen-bond donors (Lipinski definition) is 1. The van der Waals surface area contributed by atoms with E-state index < -0.39 is 0 Å². The van der Waals surface area contributed by atoms with Crippen molar-refractivity contribution in [3.8, 4) is 17.3 Å². The van der Waals surface area contributed by atoms with Crippen molar-refractivity contribution in [2.45, 2.75) is 20.3 Å². The Balaban J connectivity index is 2.23. The molecular weight excluding hydrogens is 340 g/mol. The number of anilines is 1. The van der Waals surface area contributed by atoms with E-state index in [9.17, 15) is 9.59 Å². The standard InChI is InChI=1S/C21H18N4O2/c1-3-18-21(27)25(24-17-11-9-15(13-22)10-12-17)20(14(2)26)19(23-18)16-7-5-4-6-8-16/h4-12,24H,3H2,1-2H3. The van der Waals surface area contributed by atoms with Gasteiger partial charge in [0.15, 0.2) is 5.78 Å². The minimum Gasteiger partial charge on any atom is -0.293 e. The highest BCUT2D eigenvalue weighted by molar-refractivity contribution is 5.98. The molecule has 0 spiro atoms. The fourth-order valence-electron chi connectivity index (χ4n) is 2.78. The molecule has 6 nitrogen and oxygen atoms in total. The van der Waals surface area contributed by atoms with Gasteiger partial charge < -0.3 is 0 Å². The topological polar surface area (TPSA) is 87.8 Å². The van der Waals surface area contributed by atoms with Crippen LogP contribution in [0.2, 0.25) is 0 Å². The number of carbonyl (C=O) groups excluding carboxylic acids is 1. The molecule has 0 bridgehead atoms. The number of hydrogen-bond acceptors (Lipinski definition) is 5. The molecular formula is C21H18N4O2. The van der Waals surface area contributed by atoms with Gasteiger partial charge >= 0.3 is 0 Å². The van der Waals surface area contributed by atoms with E-state index in [2.05, 4.69) is 10.4 Å². The van der Waals surface area contributed by atoms with Crippen LogP contribution in [-0.4, -0.2) is 15.4 Å². The fourth-order valence-corrected chi connectivity index (χ4v) is 2.78. The van der Waals surface area contributed by atoms with Gasteiger partial charge in [0, 0.05) is 12.5 Å². The summed E-state index contributed by atoms with van der Waals surface area (Å²) in [6.07, 6.45) is 0.436. The lowest BCUT2D eigenvalue weighted by molar-refractivity contribution is 0.100. The number of aromatic nitrogens is 2. The average molecular weight is 358 g/mol. The van der Waals surface area contributed by atoms with Crippen molar-refractivity contribution in [1.29, 1.82) is 5.26 Å². The predicted octanol–water partition coefficient (Wildman–Crippen LogP) is 3.42. The first kappa shape index (κ1) is 18.1. The van der Waals surface area contributed by atoms with Gasteiger partial charge in [0.1, 0.15) is 17.1 Å². The molecule has 3 rings (SSSR count). The first-order valence-electron chi connectivity index (χ1n) is 8.54. The molecule has 0 saturated heterocycles. The minimum atomic E-state index is -0.369. The number of Topliss-reactive ketones (excluding diaryl/α,β-unsaturated/α-hetero) is 1. The van der Waals surface area contributed by atoms with Crippen molar-refractivity contribution < 1.29 is 4.79 Å². The Morgan fingerprint density at radius 1 is 1.15 bits per heavy atom. The number of rotatable bonds is 5. The summed E-state index contributed by atoms with van der Waals surface area (Å²) in [4.78, 5) is 29.8. The molecule has 1 aromatic heterocycles. The van der Waals surface area contributed by atoms with Crippen LogP contribution in [0.5, 0.6) is 0 Å². The summed E-state index contributed by atoms with van der Waals surface area (Å²) in [6, 6.07) is 18.0. The van der Waals surface area contributed by atoms with Crippen LogP contribution in [0.4, 0.5) is 5.69 Å². The maximum Gasteiger partial charge on any atom is 0.291 e. The lowest BCUT2D eigenvalue weighted by Gasteiger charge is -2.18. The molecule has 134 valence electrons. The molecule has 2 aromatic carbocycles. The fraction of sp³-hybridized carbons (Fsp3) is 0.143. The molecule has 6 heteroatoms. The van der Waals surface area contributed by atoms with Crippen LogP contribution in [0.25, 0.3) is 11.3 Å². The van der Waals surface area contributed by atoms with Crippen LogP contribution in [-0.2, 0) is 6.42 Å². The summed E-state index contributed by atoms with van der Waals surface area (Å²) in [5.74, 6) is -0.276. The molecule has 0 amide bonds. The summed E-state index contributed by atoms with van der Waals surface area (Å²) in [5, 5.41) is 8.93. The monoisotopic (exact) mass is 358 g/mol. The molecule has 0 aliphatic rings. The molecule has 0 aliphatic carbocycles. The van der Waals surface area contributed by atoms with E-state index in [1.807, 2.05) is 43.3 Å². The van der Waals surface area contributed by atoms with Gasteiger partial charge in [-0.2, -0.15) is 5.26 Å². The van der Waals surface area contributed by atoms with Crippen LogP contribution in [0.3, 0.4) is 0 Å². The zero-order valence-corrected chi connectivity index (χ0v) is 15.1. The van der Waals surface area contributed by atoms with Crippen LogP contribution in [0.15, 0.2) is 59.4 Å². The molecule has 0 radical (unpaired) electrons. The van der Waals surface area contributed by atoms with Gasteiger partial charge in [-0.25, -0.2) is 9.66 Å². The van der Waals surface area contributed by atoms with Gasteiger partial charge in [-0.3, -0.25) is 15.0 Å². The zero-order valence-electron chi connectivity index (χ0n) is 15.1. The van der Waals surface area contributed by atoms with Gasteiger partial charge in [-0.1, -0.05) is 37.3 Å². The SMILES string of the molecule is CCc1nc(-c2ccccc2)c(C(C)=O)n(Nc2ccc(C#N)cc2)c1=O. The second-order valence-electron chi connectivity index (χ2n) is 5.97. The molecule has 1 N–H and O–H groups in total. The highest BCUT2D eigenvalue weighted by atomic mass is 16.1. The molecule has 0 unspecified atom stereocenters. The highest BCUT2D eigenvalue weighted by Crippen LogP contribution is 2.22. The Hall–Kier alpha value is -3.72. The molecule has 0 fully saturated rings.